The summed E-state index contributed by atoms with van der Waals surface area (Å²) in [6, 6.07) is 5.57. The van der Waals surface area contributed by atoms with Gasteiger partial charge in [0.2, 0.25) is 0 Å². The Morgan fingerprint density at radius 1 is 1.39 bits per heavy atom. The average Bonchev–Trinajstić information content (AvgIpc) is 2.38. The summed E-state index contributed by atoms with van der Waals surface area (Å²) in [7, 11) is 0. The molecular formula is C13H14ClNO3. The zero-order chi connectivity index (χ0) is 13.0. The molecule has 1 saturated heterocycles. The normalized spacial score (nSPS) is 16.2. The van der Waals surface area contributed by atoms with Gasteiger partial charge in [-0.15, -0.1) is 0 Å². The van der Waals surface area contributed by atoms with Gasteiger partial charge in [-0.25, -0.2) is 4.79 Å². The largest absolute Gasteiger partial charge is 0.478 e. The number of ether oxygens (including phenoxy) is 1. The van der Waals surface area contributed by atoms with Crippen molar-refractivity contribution in [2.24, 2.45) is 0 Å². The molecule has 0 amide bonds. The van der Waals surface area contributed by atoms with E-state index in [0.29, 0.717) is 18.2 Å². The van der Waals surface area contributed by atoms with Crippen LogP contribution in [0.2, 0.25) is 5.02 Å². The quantitative estimate of drug-likeness (QED) is 0.854. The van der Waals surface area contributed by atoms with Crippen LogP contribution in [-0.2, 0) is 9.53 Å². The number of hydrogen-bond acceptors (Lipinski definition) is 3. The molecule has 0 atom stereocenters. The van der Waals surface area contributed by atoms with Crippen molar-refractivity contribution >= 4 is 29.3 Å². The number of carboxylic acid groups (broad SMARTS) is 1. The van der Waals surface area contributed by atoms with Crippen LogP contribution in [0.25, 0.3) is 6.08 Å². The molecule has 1 aliphatic rings. The van der Waals surface area contributed by atoms with E-state index in [0.717, 1.165) is 30.4 Å². The fourth-order valence-corrected chi connectivity index (χ4v) is 2.16. The van der Waals surface area contributed by atoms with E-state index in [2.05, 4.69) is 4.90 Å². The predicted molar refractivity (Wildman–Crippen MR) is 71.2 cm³/mol. The minimum Gasteiger partial charge on any atom is -0.478 e. The maximum Gasteiger partial charge on any atom is 0.328 e. The zero-order valence-electron chi connectivity index (χ0n) is 9.80. The lowest BCUT2D eigenvalue weighted by Crippen LogP contribution is -2.36. The van der Waals surface area contributed by atoms with Crippen LogP contribution < -0.4 is 4.90 Å². The van der Waals surface area contributed by atoms with E-state index in [1.807, 2.05) is 12.1 Å². The first kappa shape index (κ1) is 12.9. The second-order valence-electron chi connectivity index (χ2n) is 3.94. The molecule has 1 aliphatic heterocycles. The highest BCUT2D eigenvalue weighted by Crippen LogP contribution is 2.29. The van der Waals surface area contributed by atoms with Crippen LogP contribution in [0.4, 0.5) is 5.69 Å². The summed E-state index contributed by atoms with van der Waals surface area (Å²) in [5.74, 6) is -0.983. The molecule has 1 aromatic rings. The van der Waals surface area contributed by atoms with Gasteiger partial charge in [0.1, 0.15) is 0 Å². The van der Waals surface area contributed by atoms with Crippen molar-refractivity contribution < 1.29 is 14.6 Å². The highest BCUT2D eigenvalue weighted by molar-refractivity contribution is 6.32. The number of hydrogen-bond donors (Lipinski definition) is 1. The molecule has 1 N–H and O–H groups in total. The SMILES string of the molecule is O=C(O)/C=C/c1c(Cl)cccc1N1CCOCC1. The molecule has 0 unspecified atom stereocenters. The first-order chi connectivity index (χ1) is 8.68. The Morgan fingerprint density at radius 2 is 2.11 bits per heavy atom. The van der Waals surface area contributed by atoms with Crippen LogP contribution in [0.5, 0.6) is 0 Å². The zero-order valence-corrected chi connectivity index (χ0v) is 10.6. The molecule has 0 aromatic heterocycles. The summed E-state index contributed by atoms with van der Waals surface area (Å²) in [5.41, 5.74) is 1.69. The molecule has 1 heterocycles. The molecule has 2 rings (SSSR count). The summed E-state index contributed by atoms with van der Waals surface area (Å²) < 4.78 is 5.30. The van der Waals surface area contributed by atoms with Crippen molar-refractivity contribution in [2.45, 2.75) is 0 Å². The smallest absolute Gasteiger partial charge is 0.328 e. The van der Waals surface area contributed by atoms with Crippen molar-refractivity contribution in [1.82, 2.24) is 0 Å². The van der Waals surface area contributed by atoms with Gasteiger partial charge in [0.05, 0.1) is 13.2 Å². The van der Waals surface area contributed by atoms with Crippen molar-refractivity contribution in [3.63, 3.8) is 0 Å². The molecule has 1 fully saturated rings. The van der Waals surface area contributed by atoms with E-state index in [1.165, 1.54) is 6.08 Å². The lowest BCUT2D eigenvalue weighted by atomic mass is 10.1. The van der Waals surface area contributed by atoms with E-state index in [1.54, 1.807) is 6.07 Å². The van der Waals surface area contributed by atoms with Crippen LogP contribution in [0.3, 0.4) is 0 Å². The Kier molecular flexibility index (Phi) is 4.23. The van der Waals surface area contributed by atoms with Crippen LogP contribution in [0, 0.1) is 0 Å². The van der Waals surface area contributed by atoms with Gasteiger partial charge in [-0.3, -0.25) is 0 Å². The Hall–Kier alpha value is -1.52. The number of rotatable bonds is 3. The van der Waals surface area contributed by atoms with Gasteiger partial charge < -0.3 is 14.7 Å². The summed E-state index contributed by atoms with van der Waals surface area (Å²) in [4.78, 5) is 12.8. The first-order valence-corrected chi connectivity index (χ1v) is 6.08. The van der Waals surface area contributed by atoms with Gasteiger partial charge in [-0.2, -0.15) is 0 Å². The third kappa shape index (κ3) is 3.03. The maximum absolute atomic E-state index is 10.6. The van der Waals surface area contributed by atoms with E-state index < -0.39 is 5.97 Å². The summed E-state index contributed by atoms with van der Waals surface area (Å²) in [6.45, 7) is 2.92. The van der Waals surface area contributed by atoms with Gasteiger partial charge in [0, 0.05) is 35.4 Å². The fourth-order valence-electron chi connectivity index (χ4n) is 1.93. The number of carboxylic acids is 1. The van der Waals surface area contributed by atoms with Gasteiger partial charge in [-0.05, 0) is 18.2 Å². The summed E-state index contributed by atoms with van der Waals surface area (Å²) in [6.07, 6.45) is 2.64. The molecule has 0 aliphatic carbocycles. The lowest BCUT2D eigenvalue weighted by Gasteiger charge is -2.30. The first-order valence-electron chi connectivity index (χ1n) is 5.70. The molecule has 0 saturated carbocycles. The van der Waals surface area contributed by atoms with Gasteiger partial charge in [0.25, 0.3) is 0 Å². The van der Waals surface area contributed by atoms with Gasteiger partial charge >= 0.3 is 5.97 Å². The lowest BCUT2D eigenvalue weighted by molar-refractivity contribution is -0.131. The van der Waals surface area contributed by atoms with E-state index in [4.69, 9.17) is 21.4 Å². The number of anilines is 1. The standard InChI is InChI=1S/C13H14ClNO3/c14-11-2-1-3-12(10(11)4-5-13(16)17)15-6-8-18-9-7-15/h1-5H,6-9H2,(H,16,17)/b5-4+. The number of carbonyl (C=O) groups is 1. The Labute approximate surface area is 110 Å². The van der Waals surface area contributed by atoms with Crippen molar-refractivity contribution in [3.8, 4) is 0 Å². The highest BCUT2D eigenvalue weighted by atomic mass is 35.5. The van der Waals surface area contributed by atoms with Gasteiger partial charge in [0.15, 0.2) is 0 Å². The second-order valence-corrected chi connectivity index (χ2v) is 4.35. The number of morpholine rings is 1. The average molecular weight is 268 g/mol. The topological polar surface area (TPSA) is 49.8 Å². The molecule has 0 bridgehead atoms. The van der Waals surface area contributed by atoms with E-state index >= 15 is 0 Å². The second kappa shape index (κ2) is 5.89. The van der Waals surface area contributed by atoms with Crippen molar-refractivity contribution in [2.75, 3.05) is 31.2 Å². The third-order valence-corrected chi connectivity index (χ3v) is 3.10. The molecule has 0 radical (unpaired) electrons. The Bertz CT molecular complexity index is 467. The molecule has 0 spiro atoms. The maximum atomic E-state index is 10.6. The molecule has 5 heteroatoms. The Balaban J connectivity index is 2.33. The molecule has 96 valence electrons. The number of benzene rings is 1. The van der Waals surface area contributed by atoms with Crippen LogP contribution in [-0.4, -0.2) is 37.4 Å². The van der Waals surface area contributed by atoms with E-state index in [9.17, 15) is 4.79 Å². The van der Waals surface area contributed by atoms with Gasteiger partial charge in [-0.1, -0.05) is 17.7 Å². The van der Waals surface area contributed by atoms with Crippen LogP contribution in [0.15, 0.2) is 24.3 Å². The predicted octanol–water partition coefficient (Wildman–Crippen LogP) is 2.27. The third-order valence-electron chi connectivity index (χ3n) is 2.77. The summed E-state index contributed by atoms with van der Waals surface area (Å²) >= 11 is 6.13. The fraction of sp³-hybridized carbons (Fsp3) is 0.308. The van der Waals surface area contributed by atoms with Crippen LogP contribution in [0.1, 0.15) is 5.56 Å². The minimum absolute atomic E-state index is 0.552. The molecule has 1 aromatic carbocycles. The molecule has 4 nitrogen and oxygen atoms in total. The van der Waals surface area contributed by atoms with Crippen molar-refractivity contribution in [3.05, 3.63) is 34.9 Å². The van der Waals surface area contributed by atoms with E-state index in [-0.39, 0.29) is 0 Å². The molecule has 18 heavy (non-hydrogen) atoms. The number of halogens is 1. The van der Waals surface area contributed by atoms with Crippen LogP contribution >= 0.6 is 11.6 Å². The van der Waals surface area contributed by atoms with Crippen molar-refractivity contribution in [1.29, 1.82) is 0 Å². The monoisotopic (exact) mass is 267 g/mol. The highest BCUT2D eigenvalue weighted by Gasteiger charge is 2.15. The number of nitrogens with zero attached hydrogens (tertiary/aromatic N) is 1. The Morgan fingerprint density at radius 3 is 2.78 bits per heavy atom. The molecular weight excluding hydrogens is 254 g/mol. The summed E-state index contributed by atoms with van der Waals surface area (Å²) in [5, 5.41) is 9.26. The number of aliphatic carboxylic acids is 1. The minimum atomic E-state index is -0.983.